The van der Waals surface area contributed by atoms with Crippen molar-refractivity contribution in [1.29, 1.82) is 0 Å². The minimum absolute atomic E-state index is 0.0307. The van der Waals surface area contributed by atoms with Crippen LogP contribution in [0.15, 0.2) is 36.4 Å². The Hall–Kier alpha value is -3.68. The predicted molar refractivity (Wildman–Crippen MR) is 96.9 cm³/mol. The smallest absolute Gasteiger partial charge is 0.339 e. The zero-order valence-electron chi connectivity index (χ0n) is 15.2. The molecule has 0 aliphatic heterocycles. The molecule has 0 spiro atoms. The molecule has 2 N–H and O–H groups in total. The molecule has 0 radical (unpaired) electrons. The molecule has 0 aliphatic rings. The maximum Gasteiger partial charge on any atom is 0.339 e. The molecular formula is C20H18O8. The van der Waals surface area contributed by atoms with Gasteiger partial charge in [0.25, 0.3) is 0 Å². The van der Waals surface area contributed by atoms with E-state index in [0.717, 1.165) is 0 Å². The van der Waals surface area contributed by atoms with Gasteiger partial charge in [0, 0.05) is 0 Å². The molecule has 8 nitrogen and oxygen atoms in total. The Morgan fingerprint density at radius 1 is 0.714 bits per heavy atom. The Morgan fingerprint density at radius 2 is 1.21 bits per heavy atom. The number of ether oxygens (including phenoxy) is 2. The maximum atomic E-state index is 12.2. The van der Waals surface area contributed by atoms with Crippen molar-refractivity contribution >= 4 is 23.9 Å². The lowest BCUT2D eigenvalue weighted by atomic mass is 9.92. The number of carboxylic acids is 2. The van der Waals surface area contributed by atoms with Gasteiger partial charge in [-0.1, -0.05) is 24.3 Å². The van der Waals surface area contributed by atoms with E-state index in [9.17, 15) is 29.4 Å². The number of esters is 2. The van der Waals surface area contributed by atoms with Gasteiger partial charge in [0.2, 0.25) is 0 Å². The summed E-state index contributed by atoms with van der Waals surface area (Å²) in [4.78, 5) is 47.0. The van der Waals surface area contributed by atoms with Crippen LogP contribution in [-0.4, -0.2) is 48.3 Å². The number of carbonyl (C=O) groups is 4. The highest BCUT2D eigenvalue weighted by atomic mass is 16.5. The average molecular weight is 386 g/mol. The molecule has 8 heteroatoms. The quantitative estimate of drug-likeness (QED) is 0.695. The van der Waals surface area contributed by atoms with E-state index < -0.39 is 23.9 Å². The molecular weight excluding hydrogens is 368 g/mol. The minimum Gasteiger partial charge on any atom is -0.478 e. The normalized spacial score (nSPS) is 10.2. The Morgan fingerprint density at radius 3 is 1.68 bits per heavy atom. The van der Waals surface area contributed by atoms with Gasteiger partial charge in [-0.3, -0.25) is 0 Å². The standard InChI is InChI=1S/C20H18O8/c1-27-19(25)14-8-4-6-12(16(14)20(26)28-2)10-9-11-5-3-7-13(17(21)22)15(11)18(23)24/h3-8H,9-10H2,1-2H3,(H,21,22)(H,23,24). The molecule has 2 rings (SSSR count). The molecule has 0 fully saturated rings. The van der Waals surface area contributed by atoms with Crippen molar-refractivity contribution in [2.24, 2.45) is 0 Å². The highest BCUT2D eigenvalue weighted by Crippen LogP contribution is 2.22. The third-order valence-corrected chi connectivity index (χ3v) is 4.20. The first-order valence-corrected chi connectivity index (χ1v) is 8.18. The van der Waals surface area contributed by atoms with Crippen LogP contribution in [0, 0.1) is 0 Å². The predicted octanol–water partition coefficient (Wildman–Crippen LogP) is 2.44. The summed E-state index contributed by atoms with van der Waals surface area (Å²) in [6.45, 7) is 0. The highest BCUT2D eigenvalue weighted by molar-refractivity contribution is 6.04. The van der Waals surface area contributed by atoms with Crippen LogP contribution in [0.2, 0.25) is 0 Å². The van der Waals surface area contributed by atoms with E-state index in [-0.39, 0.29) is 35.1 Å². The molecule has 0 saturated carbocycles. The largest absolute Gasteiger partial charge is 0.478 e. The van der Waals surface area contributed by atoms with Gasteiger partial charge in [-0.2, -0.15) is 0 Å². The summed E-state index contributed by atoms with van der Waals surface area (Å²) in [5.41, 5.74) is 0.187. The van der Waals surface area contributed by atoms with Crippen molar-refractivity contribution in [3.63, 3.8) is 0 Å². The number of aromatic carboxylic acids is 2. The summed E-state index contributed by atoms with van der Waals surface area (Å²) in [5, 5.41) is 18.6. The van der Waals surface area contributed by atoms with Gasteiger partial charge in [-0.05, 0) is 36.1 Å². The van der Waals surface area contributed by atoms with Crippen molar-refractivity contribution in [2.45, 2.75) is 12.8 Å². The molecule has 2 aromatic carbocycles. The molecule has 146 valence electrons. The van der Waals surface area contributed by atoms with E-state index in [1.165, 1.54) is 38.5 Å². The van der Waals surface area contributed by atoms with Crippen molar-refractivity contribution in [3.05, 3.63) is 69.8 Å². The summed E-state index contributed by atoms with van der Waals surface area (Å²) < 4.78 is 9.45. The van der Waals surface area contributed by atoms with Crippen LogP contribution < -0.4 is 0 Å². The van der Waals surface area contributed by atoms with Gasteiger partial charge >= 0.3 is 23.9 Å². The monoisotopic (exact) mass is 386 g/mol. The second kappa shape index (κ2) is 8.81. The number of aryl methyl sites for hydroxylation is 2. The topological polar surface area (TPSA) is 127 Å². The average Bonchev–Trinajstić information content (AvgIpc) is 2.70. The number of rotatable bonds is 7. The Balaban J connectivity index is 2.47. The number of hydrogen-bond acceptors (Lipinski definition) is 6. The number of benzene rings is 2. The van der Waals surface area contributed by atoms with E-state index in [2.05, 4.69) is 0 Å². The number of methoxy groups -OCH3 is 2. The molecule has 0 aromatic heterocycles. The fourth-order valence-corrected chi connectivity index (χ4v) is 2.94. The lowest BCUT2D eigenvalue weighted by Gasteiger charge is -2.13. The molecule has 28 heavy (non-hydrogen) atoms. The summed E-state index contributed by atoms with van der Waals surface area (Å²) in [5.74, 6) is -4.14. The van der Waals surface area contributed by atoms with Crippen LogP contribution >= 0.6 is 0 Å². The second-order valence-electron chi connectivity index (χ2n) is 5.77. The first-order valence-electron chi connectivity index (χ1n) is 8.18. The molecule has 0 amide bonds. The summed E-state index contributed by atoms with van der Waals surface area (Å²) >= 11 is 0. The number of carbonyl (C=O) groups excluding carboxylic acids is 2. The van der Waals surface area contributed by atoms with Crippen molar-refractivity contribution in [3.8, 4) is 0 Å². The zero-order chi connectivity index (χ0) is 20.8. The molecule has 0 heterocycles. The van der Waals surface area contributed by atoms with E-state index in [0.29, 0.717) is 11.1 Å². The first kappa shape index (κ1) is 20.6. The fourth-order valence-electron chi connectivity index (χ4n) is 2.94. The molecule has 0 atom stereocenters. The van der Waals surface area contributed by atoms with Crippen LogP contribution in [0.3, 0.4) is 0 Å². The van der Waals surface area contributed by atoms with Crippen LogP contribution in [0.4, 0.5) is 0 Å². The first-order chi connectivity index (χ1) is 13.3. The Kier molecular flexibility index (Phi) is 6.49. The van der Waals surface area contributed by atoms with Gasteiger partial charge in [0.05, 0.1) is 36.5 Å². The van der Waals surface area contributed by atoms with E-state index in [1.54, 1.807) is 12.1 Å². The van der Waals surface area contributed by atoms with Gasteiger partial charge in [-0.25, -0.2) is 19.2 Å². The van der Waals surface area contributed by atoms with E-state index >= 15 is 0 Å². The summed E-state index contributed by atoms with van der Waals surface area (Å²) in [6.07, 6.45) is 0.315. The lowest BCUT2D eigenvalue weighted by molar-refractivity contribution is 0.0554. The van der Waals surface area contributed by atoms with Crippen molar-refractivity contribution in [2.75, 3.05) is 14.2 Å². The van der Waals surface area contributed by atoms with Gasteiger partial charge in [-0.15, -0.1) is 0 Å². The molecule has 0 aliphatic carbocycles. The minimum atomic E-state index is -1.36. The highest BCUT2D eigenvalue weighted by Gasteiger charge is 2.23. The molecule has 0 unspecified atom stereocenters. The van der Waals surface area contributed by atoms with Crippen LogP contribution in [0.1, 0.15) is 52.6 Å². The third kappa shape index (κ3) is 4.17. The van der Waals surface area contributed by atoms with E-state index in [4.69, 9.17) is 9.47 Å². The van der Waals surface area contributed by atoms with Gasteiger partial charge < -0.3 is 19.7 Å². The molecule has 2 aromatic rings. The van der Waals surface area contributed by atoms with Crippen LogP contribution in [0.25, 0.3) is 0 Å². The van der Waals surface area contributed by atoms with Crippen LogP contribution in [0.5, 0.6) is 0 Å². The van der Waals surface area contributed by atoms with E-state index in [1.807, 2.05) is 0 Å². The van der Waals surface area contributed by atoms with Crippen molar-refractivity contribution in [1.82, 2.24) is 0 Å². The maximum absolute atomic E-state index is 12.2. The van der Waals surface area contributed by atoms with Gasteiger partial charge in [0.1, 0.15) is 0 Å². The lowest BCUT2D eigenvalue weighted by Crippen LogP contribution is -2.16. The summed E-state index contributed by atoms with van der Waals surface area (Å²) in [6, 6.07) is 8.79. The zero-order valence-corrected chi connectivity index (χ0v) is 15.2. The molecule has 0 saturated heterocycles. The van der Waals surface area contributed by atoms with Gasteiger partial charge in [0.15, 0.2) is 0 Å². The number of hydrogen-bond donors (Lipinski definition) is 2. The summed E-state index contributed by atoms with van der Waals surface area (Å²) in [7, 11) is 2.37. The van der Waals surface area contributed by atoms with Crippen molar-refractivity contribution < 1.29 is 38.9 Å². The Labute approximate surface area is 160 Å². The Bertz CT molecular complexity index is 945. The third-order valence-electron chi connectivity index (χ3n) is 4.20. The number of carboxylic acid groups (broad SMARTS) is 2. The SMILES string of the molecule is COC(=O)c1cccc(CCc2cccc(C(=O)O)c2C(=O)O)c1C(=O)OC. The van der Waals surface area contributed by atoms with Crippen LogP contribution in [-0.2, 0) is 22.3 Å². The fraction of sp³-hybridized carbons (Fsp3) is 0.200. The molecule has 0 bridgehead atoms. The second-order valence-corrected chi connectivity index (χ2v) is 5.77.